The van der Waals surface area contributed by atoms with Crippen molar-refractivity contribution in [3.05, 3.63) is 29.8 Å². The minimum Gasteiger partial charge on any atom is -0.491 e. The molecule has 0 bridgehead atoms. The van der Waals surface area contributed by atoms with Gasteiger partial charge in [0, 0.05) is 6.54 Å². The maximum atomic E-state index is 5.65. The van der Waals surface area contributed by atoms with E-state index in [2.05, 4.69) is 5.32 Å². The molecule has 2 atom stereocenters. The zero-order valence-corrected chi connectivity index (χ0v) is 8.77. The molecule has 0 radical (unpaired) electrons. The second kappa shape index (κ2) is 4.61. The highest BCUT2D eigenvalue weighted by molar-refractivity contribution is 5.31. The Balaban J connectivity index is 1.86. The first-order valence-corrected chi connectivity index (χ1v) is 5.08. The predicted octanol–water partition coefficient (Wildman–Crippen LogP) is 0.605. The number of hydrogen-bond acceptors (Lipinski definition) is 4. The maximum absolute atomic E-state index is 5.65. The van der Waals surface area contributed by atoms with Crippen LogP contribution in [0, 0.1) is 6.92 Å². The van der Waals surface area contributed by atoms with Gasteiger partial charge in [-0.2, -0.15) is 0 Å². The summed E-state index contributed by atoms with van der Waals surface area (Å²) in [5.74, 6) is 0.904. The van der Waals surface area contributed by atoms with Gasteiger partial charge >= 0.3 is 0 Å². The highest BCUT2D eigenvalue weighted by Crippen LogP contribution is 2.16. The second-order valence-corrected chi connectivity index (χ2v) is 3.66. The lowest BCUT2D eigenvalue weighted by molar-refractivity contribution is 0.0200. The van der Waals surface area contributed by atoms with Gasteiger partial charge in [-0.05, 0) is 18.6 Å². The third kappa shape index (κ3) is 2.68. The van der Waals surface area contributed by atoms with Crippen LogP contribution in [0.5, 0.6) is 5.75 Å². The van der Waals surface area contributed by atoms with Gasteiger partial charge in [-0.25, -0.2) is 0 Å². The van der Waals surface area contributed by atoms with Gasteiger partial charge < -0.3 is 9.47 Å². The molecule has 2 unspecified atom stereocenters. The Morgan fingerprint density at radius 2 is 2.33 bits per heavy atom. The van der Waals surface area contributed by atoms with Crippen LogP contribution in [-0.2, 0) is 4.74 Å². The Morgan fingerprint density at radius 1 is 1.53 bits per heavy atom. The first kappa shape index (κ1) is 10.4. The van der Waals surface area contributed by atoms with E-state index in [1.165, 1.54) is 0 Å². The monoisotopic (exact) mass is 208 g/mol. The standard InChI is InChI=1S/C11H16N2O2/c1-8-4-2-3-5-10(8)14-7-9-6-13-11(12)15-9/h2-5,9,11,13H,6-7,12H2,1H3. The predicted molar refractivity (Wildman–Crippen MR) is 57.5 cm³/mol. The molecule has 1 aliphatic rings. The molecular formula is C11H16N2O2. The number of ether oxygens (including phenoxy) is 2. The van der Waals surface area contributed by atoms with Gasteiger partial charge in [-0.15, -0.1) is 0 Å². The number of benzene rings is 1. The topological polar surface area (TPSA) is 56.5 Å². The lowest BCUT2D eigenvalue weighted by Crippen LogP contribution is -2.31. The smallest absolute Gasteiger partial charge is 0.161 e. The van der Waals surface area contributed by atoms with E-state index in [-0.39, 0.29) is 12.5 Å². The second-order valence-electron chi connectivity index (χ2n) is 3.66. The lowest BCUT2D eigenvalue weighted by atomic mass is 10.2. The van der Waals surface area contributed by atoms with Crippen molar-refractivity contribution in [3.63, 3.8) is 0 Å². The molecule has 4 heteroatoms. The van der Waals surface area contributed by atoms with E-state index in [1.807, 2.05) is 31.2 Å². The molecular weight excluding hydrogens is 192 g/mol. The molecule has 0 saturated carbocycles. The molecule has 1 saturated heterocycles. The van der Waals surface area contributed by atoms with Gasteiger partial charge in [0.25, 0.3) is 0 Å². The van der Waals surface area contributed by atoms with Crippen LogP contribution in [0.15, 0.2) is 24.3 Å². The van der Waals surface area contributed by atoms with E-state index in [0.717, 1.165) is 17.9 Å². The Bertz CT molecular complexity index is 330. The highest BCUT2D eigenvalue weighted by atomic mass is 16.6. The normalized spacial score (nSPS) is 25.5. The summed E-state index contributed by atoms with van der Waals surface area (Å²) in [6.07, 6.45) is -0.310. The summed E-state index contributed by atoms with van der Waals surface area (Å²) in [4.78, 5) is 0. The van der Waals surface area contributed by atoms with Crippen LogP contribution in [0.3, 0.4) is 0 Å². The fourth-order valence-corrected chi connectivity index (χ4v) is 1.55. The van der Waals surface area contributed by atoms with Gasteiger partial charge in [0.05, 0.1) is 0 Å². The first-order chi connectivity index (χ1) is 7.25. The molecule has 0 spiro atoms. The van der Waals surface area contributed by atoms with Crippen LogP contribution >= 0.6 is 0 Å². The third-order valence-corrected chi connectivity index (χ3v) is 2.40. The fraction of sp³-hybridized carbons (Fsp3) is 0.455. The van der Waals surface area contributed by atoms with Crippen molar-refractivity contribution in [1.82, 2.24) is 5.32 Å². The fourth-order valence-electron chi connectivity index (χ4n) is 1.55. The summed E-state index contributed by atoms with van der Waals surface area (Å²) < 4.78 is 11.0. The molecule has 3 N–H and O–H groups in total. The quantitative estimate of drug-likeness (QED) is 0.764. The number of hydrogen-bond donors (Lipinski definition) is 2. The van der Waals surface area contributed by atoms with Gasteiger partial charge in [-0.1, -0.05) is 18.2 Å². The summed E-state index contributed by atoms with van der Waals surface area (Å²) in [5, 5.41) is 3.00. The molecule has 0 aromatic heterocycles. The van der Waals surface area contributed by atoms with E-state index >= 15 is 0 Å². The van der Waals surface area contributed by atoms with Crippen LogP contribution in [0.25, 0.3) is 0 Å². The number of rotatable bonds is 3. The minimum atomic E-state index is -0.351. The number of nitrogens with one attached hydrogen (secondary N) is 1. The van der Waals surface area contributed by atoms with Crippen LogP contribution in [-0.4, -0.2) is 25.6 Å². The van der Waals surface area contributed by atoms with Crippen molar-refractivity contribution in [3.8, 4) is 5.75 Å². The molecule has 1 heterocycles. The zero-order chi connectivity index (χ0) is 10.7. The molecule has 0 aliphatic carbocycles. The molecule has 2 rings (SSSR count). The molecule has 0 amide bonds. The van der Waals surface area contributed by atoms with E-state index < -0.39 is 0 Å². The van der Waals surface area contributed by atoms with Gasteiger partial charge in [-0.3, -0.25) is 11.1 Å². The molecule has 4 nitrogen and oxygen atoms in total. The van der Waals surface area contributed by atoms with Gasteiger partial charge in [0.1, 0.15) is 18.5 Å². The molecule has 15 heavy (non-hydrogen) atoms. The largest absolute Gasteiger partial charge is 0.491 e. The van der Waals surface area contributed by atoms with Crippen molar-refractivity contribution in [2.45, 2.75) is 19.4 Å². The summed E-state index contributed by atoms with van der Waals surface area (Å²) in [6, 6.07) is 7.93. The molecule has 1 fully saturated rings. The van der Waals surface area contributed by atoms with Crippen molar-refractivity contribution >= 4 is 0 Å². The Morgan fingerprint density at radius 3 is 3.00 bits per heavy atom. The number of nitrogens with two attached hydrogens (primary N) is 1. The zero-order valence-electron chi connectivity index (χ0n) is 8.77. The number of aryl methyl sites for hydroxylation is 1. The van der Waals surface area contributed by atoms with Crippen molar-refractivity contribution in [2.24, 2.45) is 5.73 Å². The molecule has 1 aromatic rings. The van der Waals surface area contributed by atoms with Gasteiger partial charge in [0.15, 0.2) is 6.35 Å². The number of para-hydroxylation sites is 1. The Labute approximate surface area is 89.4 Å². The Kier molecular flexibility index (Phi) is 3.20. The van der Waals surface area contributed by atoms with Crippen LogP contribution < -0.4 is 15.8 Å². The third-order valence-electron chi connectivity index (χ3n) is 2.40. The van der Waals surface area contributed by atoms with E-state index in [9.17, 15) is 0 Å². The van der Waals surface area contributed by atoms with E-state index in [4.69, 9.17) is 15.2 Å². The van der Waals surface area contributed by atoms with Crippen LogP contribution in [0.1, 0.15) is 5.56 Å². The summed E-state index contributed by atoms with van der Waals surface area (Å²) >= 11 is 0. The maximum Gasteiger partial charge on any atom is 0.161 e. The van der Waals surface area contributed by atoms with Crippen LogP contribution in [0.4, 0.5) is 0 Å². The molecule has 1 aliphatic heterocycles. The highest BCUT2D eigenvalue weighted by Gasteiger charge is 2.21. The lowest BCUT2D eigenvalue weighted by Gasteiger charge is -2.12. The average Bonchev–Trinajstić information content (AvgIpc) is 2.63. The molecule has 82 valence electrons. The summed E-state index contributed by atoms with van der Waals surface area (Å²) in [6.45, 7) is 3.30. The van der Waals surface area contributed by atoms with E-state index in [1.54, 1.807) is 0 Å². The minimum absolute atomic E-state index is 0.0413. The average molecular weight is 208 g/mol. The van der Waals surface area contributed by atoms with E-state index in [0.29, 0.717) is 6.61 Å². The van der Waals surface area contributed by atoms with Gasteiger partial charge in [0.2, 0.25) is 0 Å². The first-order valence-electron chi connectivity index (χ1n) is 5.08. The van der Waals surface area contributed by atoms with Crippen molar-refractivity contribution in [2.75, 3.05) is 13.2 Å². The molecule has 1 aromatic carbocycles. The van der Waals surface area contributed by atoms with Crippen LogP contribution in [0.2, 0.25) is 0 Å². The summed E-state index contributed by atoms with van der Waals surface area (Å²) in [7, 11) is 0. The summed E-state index contributed by atoms with van der Waals surface area (Å²) in [5.41, 5.74) is 6.67. The SMILES string of the molecule is Cc1ccccc1OCC1CNC(N)O1. The Hall–Kier alpha value is -1.10. The van der Waals surface area contributed by atoms with Crippen molar-refractivity contribution < 1.29 is 9.47 Å². The van der Waals surface area contributed by atoms with Crippen molar-refractivity contribution in [1.29, 1.82) is 0 Å².